The van der Waals surface area contributed by atoms with E-state index in [1.165, 1.54) is 10.4 Å². The standard InChI is InChI=1S/C13H15N3OS/c1-9-5-7-18-11(9)8-16-13(17)10-4-3-6-15-12(10)14-2/h3-7H,8H2,1-2H3,(H,14,15)(H,16,17). The number of pyridine rings is 1. The van der Waals surface area contributed by atoms with E-state index < -0.39 is 0 Å². The summed E-state index contributed by atoms with van der Waals surface area (Å²) in [6, 6.07) is 5.57. The van der Waals surface area contributed by atoms with Crippen molar-refractivity contribution in [1.82, 2.24) is 10.3 Å². The lowest BCUT2D eigenvalue weighted by molar-refractivity contribution is 0.0952. The van der Waals surface area contributed by atoms with Crippen LogP contribution in [0.2, 0.25) is 0 Å². The SMILES string of the molecule is CNc1ncccc1C(=O)NCc1sccc1C. The lowest BCUT2D eigenvalue weighted by Crippen LogP contribution is -2.23. The van der Waals surface area contributed by atoms with Gasteiger partial charge in [0.15, 0.2) is 0 Å². The molecule has 5 heteroatoms. The van der Waals surface area contributed by atoms with E-state index in [2.05, 4.69) is 21.7 Å². The second-order valence-corrected chi connectivity index (χ2v) is 4.86. The predicted octanol–water partition coefficient (Wildman–Crippen LogP) is 2.42. The number of anilines is 1. The number of carbonyl (C=O) groups excluding carboxylic acids is 1. The highest BCUT2D eigenvalue weighted by Crippen LogP contribution is 2.16. The minimum atomic E-state index is -0.111. The second-order valence-electron chi connectivity index (χ2n) is 3.86. The number of carbonyl (C=O) groups is 1. The van der Waals surface area contributed by atoms with Crippen molar-refractivity contribution in [3.63, 3.8) is 0 Å². The van der Waals surface area contributed by atoms with Crippen molar-refractivity contribution in [1.29, 1.82) is 0 Å². The maximum Gasteiger partial charge on any atom is 0.255 e. The quantitative estimate of drug-likeness (QED) is 0.888. The monoisotopic (exact) mass is 261 g/mol. The third kappa shape index (κ3) is 2.68. The average molecular weight is 261 g/mol. The van der Waals surface area contributed by atoms with E-state index in [0.717, 1.165) is 0 Å². The van der Waals surface area contributed by atoms with E-state index in [-0.39, 0.29) is 5.91 Å². The van der Waals surface area contributed by atoms with Crippen molar-refractivity contribution < 1.29 is 4.79 Å². The van der Waals surface area contributed by atoms with Gasteiger partial charge in [0, 0.05) is 18.1 Å². The van der Waals surface area contributed by atoms with Gasteiger partial charge in [0.2, 0.25) is 0 Å². The summed E-state index contributed by atoms with van der Waals surface area (Å²) in [5.41, 5.74) is 1.77. The number of amides is 1. The van der Waals surface area contributed by atoms with Gasteiger partial charge in [-0.3, -0.25) is 4.79 Å². The predicted molar refractivity (Wildman–Crippen MR) is 74.0 cm³/mol. The topological polar surface area (TPSA) is 54.0 Å². The van der Waals surface area contributed by atoms with E-state index in [9.17, 15) is 4.79 Å². The van der Waals surface area contributed by atoms with Crippen LogP contribution in [0.4, 0.5) is 5.82 Å². The van der Waals surface area contributed by atoms with Gasteiger partial charge in [-0.1, -0.05) is 0 Å². The second kappa shape index (κ2) is 5.64. The third-order valence-corrected chi connectivity index (χ3v) is 3.69. The Morgan fingerprint density at radius 3 is 2.94 bits per heavy atom. The van der Waals surface area contributed by atoms with Crippen LogP contribution in [-0.2, 0) is 6.54 Å². The van der Waals surface area contributed by atoms with Crippen LogP contribution in [0.15, 0.2) is 29.8 Å². The Hall–Kier alpha value is -1.88. The summed E-state index contributed by atoms with van der Waals surface area (Å²) in [6.45, 7) is 2.60. The van der Waals surface area contributed by atoms with Crippen LogP contribution in [0.3, 0.4) is 0 Å². The Labute approximate surface area is 110 Å². The minimum absolute atomic E-state index is 0.111. The molecule has 0 spiro atoms. The first-order chi connectivity index (χ1) is 8.72. The van der Waals surface area contributed by atoms with E-state index in [1.54, 1.807) is 36.7 Å². The fraction of sp³-hybridized carbons (Fsp3) is 0.231. The molecule has 0 bridgehead atoms. The molecule has 94 valence electrons. The number of hydrogen-bond acceptors (Lipinski definition) is 4. The smallest absolute Gasteiger partial charge is 0.255 e. The highest BCUT2D eigenvalue weighted by molar-refractivity contribution is 7.10. The maximum absolute atomic E-state index is 12.0. The molecule has 0 radical (unpaired) electrons. The van der Waals surface area contributed by atoms with E-state index >= 15 is 0 Å². The Balaban J connectivity index is 2.06. The molecule has 0 fully saturated rings. The summed E-state index contributed by atoms with van der Waals surface area (Å²) in [4.78, 5) is 17.3. The molecule has 2 aromatic heterocycles. The number of aryl methyl sites for hydroxylation is 1. The normalized spacial score (nSPS) is 10.1. The maximum atomic E-state index is 12.0. The summed E-state index contributed by atoms with van der Waals surface area (Å²) in [5.74, 6) is 0.484. The van der Waals surface area contributed by atoms with Gasteiger partial charge < -0.3 is 10.6 Å². The van der Waals surface area contributed by atoms with Crippen LogP contribution >= 0.6 is 11.3 Å². The van der Waals surface area contributed by atoms with E-state index in [0.29, 0.717) is 17.9 Å². The molecule has 1 amide bonds. The first-order valence-electron chi connectivity index (χ1n) is 5.66. The third-order valence-electron chi connectivity index (χ3n) is 2.67. The number of nitrogens with zero attached hydrogens (tertiary/aromatic N) is 1. The molecule has 0 aliphatic heterocycles. The van der Waals surface area contributed by atoms with Gasteiger partial charge in [-0.25, -0.2) is 4.98 Å². The fourth-order valence-corrected chi connectivity index (χ4v) is 2.47. The Morgan fingerprint density at radius 2 is 2.28 bits per heavy atom. The first-order valence-corrected chi connectivity index (χ1v) is 6.54. The Bertz CT molecular complexity index is 551. The number of thiophene rings is 1. The number of nitrogens with one attached hydrogen (secondary N) is 2. The molecule has 0 aliphatic rings. The molecule has 2 aromatic rings. The molecule has 0 aliphatic carbocycles. The zero-order chi connectivity index (χ0) is 13.0. The summed E-state index contributed by atoms with van der Waals surface area (Å²) in [6.07, 6.45) is 1.66. The van der Waals surface area contributed by atoms with Gasteiger partial charge in [-0.2, -0.15) is 0 Å². The lowest BCUT2D eigenvalue weighted by Gasteiger charge is -2.08. The van der Waals surface area contributed by atoms with Crippen molar-refractivity contribution in [2.75, 3.05) is 12.4 Å². The lowest BCUT2D eigenvalue weighted by atomic mass is 10.2. The molecule has 18 heavy (non-hydrogen) atoms. The van der Waals surface area contributed by atoms with Crippen LogP contribution in [0.1, 0.15) is 20.8 Å². The zero-order valence-electron chi connectivity index (χ0n) is 10.4. The fourth-order valence-electron chi connectivity index (χ4n) is 1.63. The van der Waals surface area contributed by atoms with Crippen LogP contribution in [0.5, 0.6) is 0 Å². The van der Waals surface area contributed by atoms with Crippen LogP contribution in [-0.4, -0.2) is 17.9 Å². The van der Waals surface area contributed by atoms with Crippen molar-refractivity contribution >= 4 is 23.1 Å². The average Bonchev–Trinajstić information content (AvgIpc) is 2.81. The molecule has 2 heterocycles. The van der Waals surface area contributed by atoms with Crippen molar-refractivity contribution in [3.05, 3.63) is 45.8 Å². The Kier molecular flexibility index (Phi) is 3.94. The molecule has 0 aromatic carbocycles. The van der Waals surface area contributed by atoms with Gasteiger partial charge in [-0.05, 0) is 36.1 Å². The molecular formula is C13H15N3OS. The summed E-state index contributed by atoms with van der Waals surface area (Å²) in [5, 5.41) is 7.85. The minimum Gasteiger partial charge on any atom is -0.372 e. The van der Waals surface area contributed by atoms with Gasteiger partial charge >= 0.3 is 0 Å². The van der Waals surface area contributed by atoms with Gasteiger partial charge in [-0.15, -0.1) is 11.3 Å². The zero-order valence-corrected chi connectivity index (χ0v) is 11.2. The Morgan fingerprint density at radius 1 is 1.44 bits per heavy atom. The van der Waals surface area contributed by atoms with Crippen molar-refractivity contribution in [2.45, 2.75) is 13.5 Å². The number of rotatable bonds is 4. The van der Waals surface area contributed by atoms with Crippen LogP contribution < -0.4 is 10.6 Å². The molecule has 0 saturated carbocycles. The number of hydrogen-bond donors (Lipinski definition) is 2. The first kappa shape index (κ1) is 12.6. The van der Waals surface area contributed by atoms with E-state index in [1.807, 2.05) is 12.3 Å². The molecular weight excluding hydrogens is 246 g/mol. The molecule has 0 atom stereocenters. The van der Waals surface area contributed by atoms with Crippen LogP contribution in [0, 0.1) is 6.92 Å². The summed E-state index contributed by atoms with van der Waals surface area (Å²) >= 11 is 1.65. The molecule has 2 N–H and O–H groups in total. The summed E-state index contributed by atoms with van der Waals surface area (Å²) < 4.78 is 0. The van der Waals surface area contributed by atoms with Gasteiger partial charge in [0.05, 0.1) is 12.1 Å². The largest absolute Gasteiger partial charge is 0.372 e. The van der Waals surface area contributed by atoms with Crippen molar-refractivity contribution in [3.8, 4) is 0 Å². The highest BCUT2D eigenvalue weighted by atomic mass is 32.1. The molecule has 0 saturated heterocycles. The summed E-state index contributed by atoms with van der Waals surface area (Å²) in [7, 11) is 1.75. The molecule has 0 unspecified atom stereocenters. The molecule has 4 nitrogen and oxygen atoms in total. The molecule has 2 rings (SSSR count). The van der Waals surface area contributed by atoms with Gasteiger partial charge in [0.1, 0.15) is 5.82 Å². The van der Waals surface area contributed by atoms with Crippen LogP contribution in [0.25, 0.3) is 0 Å². The van der Waals surface area contributed by atoms with Crippen molar-refractivity contribution in [2.24, 2.45) is 0 Å². The number of aromatic nitrogens is 1. The van der Waals surface area contributed by atoms with Gasteiger partial charge in [0.25, 0.3) is 5.91 Å². The highest BCUT2D eigenvalue weighted by Gasteiger charge is 2.11. The van der Waals surface area contributed by atoms with E-state index in [4.69, 9.17) is 0 Å².